The van der Waals surface area contributed by atoms with Gasteiger partial charge in [-0.25, -0.2) is 4.79 Å². The number of ether oxygens (including phenoxy) is 3. The van der Waals surface area contributed by atoms with Crippen molar-refractivity contribution >= 4 is 6.29 Å². The highest BCUT2D eigenvalue weighted by Gasteiger charge is 2.68. The van der Waals surface area contributed by atoms with Crippen LogP contribution in [-0.4, -0.2) is 71.1 Å². The summed E-state index contributed by atoms with van der Waals surface area (Å²) in [6.45, 7) is 3.93. The Morgan fingerprint density at radius 3 is 2.52 bits per heavy atom. The van der Waals surface area contributed by atoms with Gasteiger partial charge in [0.15, 0.2) is 6.29 Å². The van der Waals surface area contributed by atoms with Crippen molar-refractivity contribution < 1.29 is 38.7 Å². The first kappa shape index (κ1) is 28.5. The molecule has 0 spiro atoms. The summed E-state index contributed by atoms with van der Waals surface area (Å²) in [5.41, 5.74) is -1.12. The van der Waals surface area contributed by atoms with Crippen molar-refractivity contribution in [2.24, 2.45) is 28.6 Å². The Labute approximate surface area is 235 Å². The normalized spacial score (nSPS) is 50.5. The molecule has 1 saturated heterocycles. The van der Waals surface area contributed by atoms with Crippen molar-refractivity contribution in [3.8, 4) is 0 Å². The van der Waals surface area contributed by atoms with Gasteiger partial charge < -0.3 is 38.7 Å². The first-order chi connectivity index (χ1) is 19.1. The molecule has 1 aromatic heterocycles. The van der Waals surface area contributed by atoms with Crippen molar-refractivity contribution in [1.82, 2.24) is 0 Å². The Hall–Kier alpha value is -1.62. The number of carbonyl (C=O) groups is 1. The van der Waals surface area contributed by atoms with Crippen LogP contribution in [-0.2, 0) is 19.0 Å². The molecule has 2 heterocycles. The van der Waals surface area contributed by atoms with E-state index in [1.807, 2.05) is 6.07 Å². The highest BCUT2D eigenvalue weighted by atomic mass is 16.7. The topological polar surface area (TPSA) is 136 Å². The van der Waals surface area contributed by atoms with Crippen LogP contribution in [0.15, 0.2) is 27.6 Å². The Kier molecular flexibility index (Phi) is 7.32. The summed E-state index contributed by atoms with van der Waals surface area (Å²) in [5, 5.41) is 33.5. The summed E-state index contributed by atoms with van der Waals surface area (Å²) < 4.78 is 22.6. The van der Waals surface area contributed by atoms with E-state index in [-0.39, 0.29) is 40.8 Å². The average molecular weight is 561 g/mol. The van der Waals surface area contributed by atoms with Crippen LogP contribution in [0.1, 0.15) is 83.1 Å². The molecule has 9 nitrogen and oxygen atoms in total. The first-order valence-electron chi connectivity index (χ1n) is 15.1. The maximum Gasteiger partial charge on any atom is 0.335 e. The molecule has 4 saturated carbocycles. The van der Waals surface area contributed by atoms with Crippen molar-refractivity contribution in [2.45, 2.75) is 120 Å². The molecule has 3 N–H and O–H groups in total. The van der Waals surface area contributed by atoms with Gasteiger partial charge in [0.1, 0.15) is 24.6 Å². The number of hydrogen-bond acceptors (Lipinski definition) is 9. The van der Waals surface area contributed by atoms with E-state index in [1.54, 1.807) is 13.2 Å². The number of methoxy groups -OCH3 is 1. The summed E-state index contributed by atoms with van der Waals surface area (Å²) in [6.07, 6.45) is 5.26. The monoisotopic (exact) mass is 560 g/mol. The van der Waals surface area contributed by atoms with E-state index >= 15 is 0 Å². The number of hydrogen-bond donors (Lipinski definition) is 3. The van der Waals surface area contributed by atoms with Gasteiger partial charge in [-0.1, -0.05) is 6.92 Å². The summed E-state index contributed by atoms with van der Waals surface area (Å²) >= 11 is 0. The lowest BCUT2D eigenvalue weighted by molar-refractivity contribution is -0.312. The fraction of sp³-hybridized carbons (Fsp3) is 0.806. The molecule has 5 aliphatic rings. The second-order valence-corrected chi connectivity index (χ2v) is 13.5. The summed E-state index contributed by atoms with van der Waals surface area (Å²) in [7, 11) is 1.46. The molecule has 4 aliphatic carbocycles. The third kappa shape index (κ3) is 4.10. The minimum Gasteiger partial charge on any atom is -0.431 e. The summed E-state index contributed by atoms with van der Waals surface area (Å²) in [4.78, 5) is 24.6. The van der Waals surface area contributed by atoms with Crippen molar-refractivity contribution in [3.05, 3.63) is 34.4 Å². The SMILES string of the molecule is CO[C@H]1[C@@H](O)[C@@H](O[C@@H]2CC[C@]3(C=O)[C@@H](CC[C@@H]4[C@@H]3CC[C@]3(C)[C@H](c5ccc(=O)oc5)CC[C@]43O)C2)O[C@@H](C)[C@H]1O. The van der Waals surface area contributed by atoms with E-state index in [1.165, 1.54) is 19.5 Å². The maximum absolute atomic E-state index is 13.0. The lowest BCUT2D eigenvalue weighted by atomic mass is 9.43. The van der Waals surface area contributed by atoms with Gasteiger partial charge in [0, 0.05) is 24.0 Å². The fourth-order valence-electron chi connectivity index (χ4n) is 9.91. The van der Waals surface area contributed by atoms with E-state index in [0.29, 0.717) is 25.7 Å². The fourth-order valence-corrected chi connectivity index (χ4v) is 9.91. The number of rotatable bonds is 5. The summed E-state index contributed by atoms with van der Waals surface area (Å²) in [6, 6.07) is 3.30. The first-order valence-corrected chi connectivity index (χ1v) is 15.1. The molecule has 13 atom stereocenters. The van der Waals surface area contributed by atoms with Crippen LogP contribution in [0.5, 0.6) is 0 Å². The van der Waals surface area contributed by atoms with E-state index in [9.17, 15) is 24.9 Å². The molecule has 1 aromatic rings. The Bertz CT molecular complexity index is 1130. The molecule has 0 unspecified atom stereocenters. The van der Waals surface area contributed by atoms with Gasteiger partial charge >= 0.3 is 5.63 Å². The Balaban J connectivity index is 1.19. The zero-order valence-electron chi connectivity index (χ0n) is 23.7. The molecule has 1 aliphatic heterocycles. The Morgan fingerprint density at radius 2 is 1.82 bits per heavy atom. The molecule has 0 amide bonds. The smallest absolute Gasteiger partial charge is 0.335 e. The van der Waals surface area contributed by atoms with Crippen LogP contribution in [0, 0.1) is 28.6 Å². The van der Waals surface area contributed by atoms with Crippen molar-refractivity contribution in [1.29, 1.82) is 0 Å². The van der Waals surface area contributed by atoms with Gasteiger partial charge in [-0.15, -0.1) is 0 Å². The van der Waals surface area contributed by atoms with Crippen LogP contribution in [0.3, 0.4) is 0 Å². The zero-order chi connectivity index (χ0) is 28.4. The standard InChI is InChI=1S/C31H44O9/c1-17-25(34)27(37-3)26(35)28(39-17)40-20-8-12-30(16-32)19(14-20)5-6-23-22(30)9-11-29(2)21(10-13-31(23,29)36)18-4-7-24(33)38-15-18/h4,7,15-17,19-23,25-28,34-36H,5-6,8-14H2,1-3H3/t17-,19-,20+,21-,22-,23+,25+,26+,27+,28+,29+,30-,31-/m0/s1. The largest absolute Gasteiger partial charge is 0.431 e. The van der Waals surface area contributed by atoms with Crippen LogP contribution in [0.2, 0.25) is 0 Å². The van der Waals surface area contributed by atoms with E-state index in [4.69, 9.17) is 18.6 Å². The molecule has 222 valence electrons. The zero-order valence-corrected chi connectivity index (χ0v) is 23.7. The van der Waals surface area contributed by atoms with Gasteiger partial charge in [-0.3, -0.25) is 0 Å². The number of aldehydes is 1. The number of aliphatic hydroxyl groups excluding tert-OH is 2. The molecule has 40 heavy (non-hydrogen) atoms. The lowest BCUT2D eigenvalue weighted by Gasteiger charge is -2.63. The van der Waals surface area contributed by atoms with Crippen LogP contribution in [0.4, 0.5) is 0 Å². The van der Waals surface area contributed by atoms with Crippen LogP contribution in [0.25, 0.3) is 0 Å². The molecule has 0 bridgehead atoms. The van der Waals surface area contributed by atoms with Crippen molar-refractivity contribution in [3.63, 3.8) is 0 Å². The quantitative estimate of drug-likeness (QED) is 0.367. The molecule has 0 aromatic carbocycles. The molecular weight excluding hydrogens is 516 g/mol. The number of carbonyl (C=O) groups excluding carboxylic acids is 1. The van der Waals surface area contributed by atoms with Crippen LogP contribution >= 0.6 is 0 Å². The number of fused-ring (bicyclic) bond motifs is 5. The van der Waals surface area contributed by atoms with Gasteiger partial charge in [-0.05, 0) is 100 Å². The predicted molar refractivity (Wildman–Crippen MR) is 143 cm³/mol. The van der Waals surface area contributed by atoms with Crippen molar-refractivity contribution in [2.75, 3.05) is 7.11 Å². The minimum atomic E-state index is -1.11. The highest BCUT2D eigenvalue weighted by molar-refractivity contribution is 5.62. The second kappa shape index (κ2) is 10.3. The third-order valence-electron chi connectivity index (χ3n) is 12.1. The van der Waals surface area contributed by atoms with E-state index in [2.05, 4.69) is 6.92 Å². The molecule has 0 radical (unpaired) electrons. The molecular formula is C31H44O9. The number of aliphatic hydroxyl groups is 3. The van der Waals surface area contributed by atoms with Crippen LogP contribution < -0.4 is 5.63 Å². The van der Waals surface area contributed by atoms with Gasteiger partial charge in [-0.2, -0.15) is 0 Å². The van der Waals surface area contributed by atoms with Gasteiger partial charge in [0.2, 0.25) is 0 Å². The second-order valence-electron chi connectivity index (χ2n) is 13.5. The Morgan fingerprint density at radius 1 is 1.02 bits per heavy atom. The minimum absolute atomic E-state index is 0.0409. The molecule has 5 fully saturated rings. The highest BCUT2D eigenvalue weighted by Crippen LogP contribution is 2.70. The average Bonchev–Trinajstić information content (AvgIpc) is 3.23. The predicted octanol–water partition coefficient (Wildman–Crippen LogP) is 2.93. The molecule has 6 rings (SSSR count). The van der Waals surface area contributed by atoms with E-state index < -0.39 is 41.7 Å². The van der Waals surface area contributed by atoms with E-state index in [0.717, 1.165) is 37.7 Å². The van der Waals surface area contributed by atoms with Gasteiger partial charge in [0.05, 0.1) is 24.1 Å². The maximum atomic E-state index is 13.0. The summed E-state index contributed by atoms with van der Waals surface area (Å²) in [5.74, 6) is 0.398. The molecule has 9 heteroatoms. The van der Waals surface area contributed by atoms with Gasteiger partial charge in [0.25, 0.3) is 0 Å². The third-order valence-corrected chi connectivity index (χ3v) is 12.1. The lowest BCUT2D eigenvalue weighted by Crippen LogP contribution is -2.63.